The van der Waals surface area contributed by atoms with Gasteiger partial charge in [0.1, 0.15) is 6.54 Å². The predicted molar refractivity (Wildman–Crippen MR) is 104 cm³/mol. The van der Waals surface area contributed by atoms with Gasteiger partial charge in [-0.2, -0.15) is 5.10 Å². The van der Waals surface area contributed by atoms with E-state index in [1.807, 2.05) is 55.5 Å². The van der Waals surface area contributed by atoms with Crippen LogP contribution in [0.4, 0.5) is 5.82 Å². The van der Waals surface area contributed by atoms with Crippen LogP contribution >= 0.6 is 0 Å². The molecule has 2 heterocycles. The molecule has 0 aliphatic heterocycles. The van der Waals surface area contributed by atoms with E-state index in [0.29, 0.717) is 11.3 Å². The zero-order valence-corrected chi connectivity index (χ0v) is 15.0. The lowest BCUT2D eigenvalue weighted by Gasteiger charge is -2.06. The van der Waals surface area contributed by atoms with E-state index >= 15 is 0 Å². The zero-order chi connectivity index (χ0) is 19.5. The number of nitrogens with one attached hydrogen (secondary N) is 1. The van der Waals surface area contributed by atoms with Gasteiger partial charge in [-0.3, -0.25) is 4.79 Å². The first-order valence-corrected chi connectivity index (χ1v) is 8.54. The number of aryl methyl sites for hydroxylation is 1. The van der Waals surface area contributed by atoms with Crippen LogP contribution in [0, 0.1) is 6.92 Å². The van der Waals surface area contributed by atoms with Crippen LogP contribution in [0.5, 0.6) is 0 Å². The van der Waals surface area contributed by atoms with E-state index in [1.165, 1.54) is 0 Å². The molecule has 0 saturated heterocycles. The number of carbonyl (C=O) groups is 1. The molecule has 4 rings (SSSR count). The van der Waals surface area contributed by atoms with Gasteiger partial charge >= 0.3 is 0 Å². The molecule has 28 heavy (non-hydrogen) atoms. The zero-order valence-electron chi connectivity index (χ0n) is 15.0. The van der Waals surface area contributed by atoms with Gasteiger partial charge in [-0.25, -0.2) is 15.0 Å². The molecule has 0 unspecified atom stereocenters. The molecule has 0 radical (unpaired) electrons. The second-order valence-corrected chi connectivity index (χ2v) is 6.21. The molecule has 9 nitrogen and oxygen atoms in total. The van der Waals surface area contributed by atoms with Crippen LogP contribution in [0.3, 0.4) is 0 Å². The van der Waals surface area contributed by atoms with Crippen LogP contribution in [-0.4, -0.2) is 32.0 Å². The lowest BCUT2D eigenvalue weighted by molar-refractivity contribution is -0.121. The third kappa shape index (κ3) is 3.45. The Morgan fingerprint density at radius 3 is 2.75 bits per heavy atom. The highest BCUT2D eigenvalue weighted by Crippen LogP contribution is 2.26. The Morgan fingerprint density at radius 1 is 1.21 bits per heavy atom. The molecule has 140 valence electrons. The molecule has 3 N–H and O–H groups in total. The number of imidazole rings is 1. The monoisotopic (exact) mass is 375 g/mol. The third-order valence-electron chi connectivity index (χ3n) is 4.16. The number of amides is 1. The molecule has 0 atom stereocenters. The molecular formula is C19H17N7O2. The van der Waals surface area contributed by atoms with Crippen molar-refractivity contribution in [3.63, 3.8) is 0 Å². The molecule has 4 aromatic rings. The van der Waals surface area contributed by atoms with Crippen LogP contribution in [-0.2, 0) is 11.3 Å². The van der Waals surface area contributed by atoms with Gasteiger partial charge < -0.3 is 10.3 Å². The largest absolute Gasteiger partial charge is 0.379 e. The summed E-state index contributed by atoms with van der Waals surface area (Å²) in [5.41, 5.74) is 12.1. The minimum atomic E-state index is -0.317. The van der Waals surface area contributed by atoms with Crippen molar-refractivity contribution in [3.8, 4) is 11.5 Å². The van der Waals surface area contributed by atoms with Gasteiger partial charge in [0.2, 0.25) is 0 Å². The van der Waals surface area contributed by atoms with Crippen LogP contribution in [0.15, 0.2) is 58.3 Å². The highest BCUT2D eigenvalue weighted by molar-refractivity contribution is 5.86. The van der Waals surface area contributed by atoms with Crippen molar-refractivity contribution < 1.29 is 9.42 Å². The molecule has 2 aromatic carbocycles. The Balaban J connectivity index is 1.57. The van der Waals surface area contributed by atoms with Crippen molar-refractivity contribution in [2.45, 2.75) is 13.5 Å². The first-order chi connectivity index (χ1) is 13.6. The lowest BCUT2D eigenvalue weighted by atomic mass is 10.2. The number of nitrogens with zero attached hydrogens (tertiary/aromatic N) is 5. The van der Waals surface area contributed by atoms with Crippen LogP contribution in [0.2, 0.25) is 0 Å². The van der Waals surface area contributed by atoms with E-state index in [-0.39, 0.29) is 24.0 Å². The summed E-state index contributed by atoms with van der Waals surface area (Å²) in [5.74, 6) is 0.190. The minimum Gasteiger partial charge on any atom is -0.379 e. The van der Waals surface area contributed by atoms with E-state index < -0.39 is 0 Å². The van der Waals surface area contributed by atoms with Gasteiger partial charge in [-0.15, -0.1) is 0 Å². The molecule has 0 aliphatic carbocycles. The number of para-hydroxylation sites is 2. The lowest BCUT2D eigenvalue weighted by Crippen LogP contribution is -2.23. The number of benzene rings is 2. The maximum Gasteiger partial charge on any atom is 0.260 e. The maximum atomic E-state index is 12.4. The van der Waals surface area contributed by atoms with Crippen LogP contribution in [0.1, 0.15) is 11.1 Å². The fraction of sp³-hybridized carbons (Fsp3) is 0.105. The summed E-state index contributed by atoms with van der Waals surface area (Å²) in [6.07, 6.45) is 1.59. The molecule has 1 amide bonds. The molecule has 0 bridgehead atoms. The maximum absolute atomic E-state index is 12.4. The van der Waals surface area contributed by atoms with Crippen molar-refractivity contribution >= 4 is 29.0 Å². The Hall–Kier alpha value is -4.01. The molecule has 0 saturated carbocycles. The number of rotatable bonds is 5. The fourth-order valence-electron chi connectivity index (χ4n) is 2.78. The van der Waals surface area contributed by atoms with Crippen molar-refractivity contribution in [3.05, 3.63) is 59.7 Å². The SMILES string of the molecule is Cc1ccc(/C=N/NC(=O)Cn2c(-c3nonc3N)nc3ccccc32)cc1. The smallest absolute Gasteiger partial charge is 0.260 e. The summed E-state index contributed by atoms with van der Waals surface area (Å²) in [4.78, 5) is 16.9. The third-order valence-corrected chi connectivity index (χ3v) is 4.16. The Bertz CT molecular complexity index is 1160. The normalized spacial score (nSPS) is 11.3. The minimum absolute atomic E-state index is 0.0205. The number of aromatic nitrogens is 4. The Kier molecular flexibility index (Phi) is 4.55. The number of nitrogens with two attached hydrogens (primary N) is 1. The van der Waals surface area contributed by atoms with E-state index in [9.17, 15) is 4.79 Å². The number of carbonyl (C=O) groups excluding carboxylic acids is 1. The second kappa shape index (κ2) is 7.31. The average molecular weight is 375 g/mol. The first kappa shape index (κ1) is 17.4. The molecule has 2 aromatic heterocycles. The average Bonchev–Trinajstić information content (AvgIpc) is 3.27. The van der Waals surface area contributed by atoms with E-state index in [1.54, 1.807) is 10.8 Å². The molecule has 0 spiro atoms. The summed E-state index contributed by atoms with van der Waals surface area (Å²) in [5, 5.41) is 11.4. The van der Waals surface area contributed by atoms with Gasteiger partial charge in [-0.1, -0.05) is 42.0 Å². The summed E-state index contributed by atoms with van der Waals surface area (Å²) in [7, 11) is 0. The highest BCUT2D eigenvalue weighted by Gasteiger charge is 2.20. The summed E-state index contributed by atoms with van der Waals surface area (Å²) >= 11 is 0. The van der Waals surface area contributed by atoms with E-state index in [0.717, 1.165) is 16.6 Å². The van der Waals surface area contributed by atoms with Crippen molar-refractivity contribution in [1.82, 2.24) is 25.3 Å². The van der Waals surface area contributed by atoms with Gasteiger partial charge in [0.15, 0.2) is 17.3 Å². The number of anilines is 1. The Morgan fingerprint density at radius 2 is 2.00 bits per heavy atom. The standard InChI is InChI=1S/C19H17N7O2/c1-12-6-8-13(9-7-12)10-21-23-16(27)11-26-15-5-3-2-4-14(15)22-19(26)17-18(20)25-28-24-17/h2-10H,11H2,1H3,(H2,20,25)(H,23,27)/b21-10+. The topological polar surface area (TPSA) is 124 Å². The summed E-state index contributed by atoms with van der Waals surface area (Å²) in [6, 6.07) is 15.2. The highest BCUT2D eigenvalue weighted by atomic mass is 16.6. The van der Waals surface area contributed by atoms with E-state index in [2.05, 4.69) is 30.5 Å². The van der Waals surface area contributed by atoms with Crippen molar-refractivity contribution in [1.29, 1.82) is 0 Å². The summed E-state index contributed by atoms with van der Waals surface area (Å²) in [6.45, 7) is 1.99. The molecule has 9 heteroatoms. The van der Waals surface area contributed by atoms with Crippen LogP contribution in [0.25, 0.3) is 22.6 Å². The van der Waals surface area contributed by atoms with Crippen molar-refractivity contribution in [2.75, 3.05) is 5.73 Å². The number of nitrogen functional groups attached to an aromatic ring is 1. The molecule has 0 fully saturated rings. The molecule has 0 aliphatic rings. The number of fused-ring (bicyclic) bond motifs is 1. The predicted octanol–water partition coefficient (Wildman–Crippen LogP) is 2.13. The van der Waals surface area contributed by atoms with Crippen LogP contribution < -0.4 is 11.2 Å². The van der Waals surface area contributed by atoms with Gasteiger partial charge in [0.05, 0.1) is 17.2 Å². The van der Waals surface area contributed by atoms with Gasteiger partial charge in [-0.05, 0) is 34.9 Å². The quantitative estimate of drug-likeness (QED) is 0.407. The fourth-order valence-corrected chi connectivity index (χ4v) is 2.78. The van der Waals surface area contributed by atoms with Gasteiger partial charge in [0.25, 0.3) is 5.91 Å². The summed E-state index contributed by atoms with van der Waals surface area (Å²) < 4.78 is 6.37. The molecular weight excluding hydrogens is 358 g/mol. The number of hydrogen-bond donors (Lipinski definition) is 2. The Labute approximate surface area is 159 Å². The first-order valence-electron chi connectivity index (χ1n) is 8.54. The number of hydrazone groups is 1. The second-order valence-electron chi connectivity index (χ2n) is 6.21. The van der Waals surface area contributed by atoms with E-state index in [4.69, 9.17) is 5.73 Å². The van der Waals surface area contributed by atoms with Crippen molar-refractivity contribution in [2.24, 2.45) is 5.10 Å². The number of hydrogen-bond acceptors (Lipinski definition) is 7. The van der Waals surface area contributed by atoms with Gasteiger partial charge in [0, 0.05) is 0 Å².